The smallest absolute Gasteiger partial charge is 0.137 e. The van der Waals surface area contributed by atoms with Gasteiger partial charge in [0.2, 0.25) is 0 Å². The molecule has 2 aromatic rings. The quantitative estimate of drug-likeness (QED) is 0.726. The SMILES string of the molecule is CCc1c(OC)cc2ccccc2c1F. The lowest BCUT2D eigenvalue weighted by Gasteiger charge is -2.10. The summed E-state index contributed by atoms with van der Waals surface area (Å²) in [7, 11) is 1.57. The number of rotatable bonds is 2. The van der Waals surface area contributed by atoms with Gasteiger partial charge in [-0.3, -0.25) is 0 Å². The van der Waals surface area contributed by atoms with Gasteiger partial charge in [0.25, 0.3) is 0 Å². The summed E-state index contributed by atoms with van der Waals surface area (Å²) in [4.78, 5) is 0. The topological polar surface area (TPSA) is 9.23 Å². The minimum absolute atomic E-state index is 0.160. The van der Waals surface area contributed by atoms with Crippen LogP contribution in [0.15, 0.2) is 30.3 Å². The van der Waals surface area contributed by atoms with Crippen LogP contribution in [0.1, 0.15) is 12.5 Å². The van der Waals surface area contributed by atoms with Gasteiger partial charge in [0.1, 0.15) is 11.6 Å². The first-order valence-corrected chi connectivity index (χ1v) is 5.02. The molecule has 0 bridgehead atoms. The van der Waals surface area contributed by atoms with E-state index in [0.29, 0.717) is 23.1 Å². The van der Waals surface area contributed by atoms with Crippen LogP contribution in [-0.2, 0) is 6.42 Å². The molecule has 0 aliphatic heterocycles. The van der Waals surface area contributed by atoms with E-state index < -0.39 is 0 Å². The van der Waals surface area contributed by atoms with Gasteiger partial charge < -0.3 is 4.74 Å². The number of ether oxygens (including phenoxy) is 1. The van der Waals surface area contributed by atoms with Gasteiger partial charge in [-0.25, -0.2) is 4.39 Å². The number of halogens is 1. The van der Waals surface area contributed by atoms with Crippen molar-refractivity contribution in [2.24, 2.45) is 0 Å². The molecule has 0 aromatic heterocycles. The Hall–Kier alpha value is -1.57. The zero-order valence-corrected chi connectivity index (χ0v) is 8.88. The highest BCUT2D eigenvalue weighted by Gasteiger charge is 2.11. The third-order valence-corrected chi connectivity index (χ3v) is 2.62. The highest BCUT2D eigenvalue weighted by atomic mass is 19.1. The normalized spacial score (nSPS) is 10.6. The van der Waals surface area contributed by atoms with Crippen LogP contribution >= 0.6 is 0 Å². The van der Waals surface area contributed by atoms with E-state index in [4.69, 9.17) is 4.74 Å². The molecule has 0 aliphatic carbocycles. The van der Waals surface area contributed by atoms with Crippen molar-refractivity contribution in [1.82, 2.24) is 0 Å². The van der Waals surface area contributed by atoms with Crippen LogP contribution in [0.25, 0.3) is 10.8 Å². The standard InChI is InChI=1S/C13H13FO/c1-3-10-12(15-2)8-9-6-4-5-7-11(9)13(10)14/h4-8H,3H2,1-2H3. The molecule has 2 rings (SSSR count). The van der Waals surface area contributed by atoms with Crippen LogP contribution in [0.3, 0.4) is 0 Å². The van der Waals surface area contributed by atoms with Crippen molar-refractivity contribution in [3.05, 3.63) is 41.7 Å². The molecule has 0 atom stereocenters. The molecule has 2 aromatic carbocycles. The second kappa shape index (κ2) is 3.89. The maximum atomic E-state index is 14.0. The van der Waals surface area contributed by atoms with Crippen LogP contribution in [0, 0.1) is 5.82 Å². The molecule has 0 spiro atoms. The van der Waals surface area contributed by atoms with Crippen LogP contribution in [0.2, 0.25) is 0 Å². The lowest BCUT2D eigenvalue weighted by Crippen LogP contribution is -1.95. The van der Waals surface area contributed by atoms with E-state index in [1.807, 2.05) is 31.2 Å². The van der Waals surface area contributed by atoms with E-state index in [2.05, 4.69) is 0 Å². The molecule has 15 heavy (non-hydrogen) atoms. The summed E-state index contributed by atoms with van der Waals surface area (Å²) in [6.45, 7) is 1.93. The van der Waals surface area contributed by atoms with Crippen molar-refractivity contribution in [2.45, 2.75) is 13.3 Å². The van der Waals surface area contributed by atoms with Gasteiger partial charge in [0.05, 0.1) is 7.11 Å². The first-order chi connectivity index (χ1) is 7.27. The van der Waals surface area contributed by atoms with Gasteiger partial charge in [0.15, 0.2) is 0 Å². The number of hydrogen-bond acceptors (Lipinski definition) is 1. The zero-order valence-electron chi connectivity index (χ0n) is 8.88. The molecule has 78 valence electrons. The third-order valence-electron chi connectivity index (χ3n) is 2.62. The van der Waals surface area contributed by atoms with E-state index in [-0.39, 0.29) is 5.82 Å². The molecular weight excluding hydrogens is 191 g/mol. The monoisotopic (exact) mass is 204 g/mol. The highest BCUT2D eigenvalue weighted by molar-refractivity contribution is 5.85. The number of hydrogen-bond donors (Lipinski definition) is 0. The number of benzene rings is 2. The summed E-state index contributed by atoms with van der Waals surface area (Å²) >= 11 is 0. The summed E-state index contributed by atoms with van der Waals surface area (Å²) in [6.07, 6.45) is 0.639. The van der Waals surface area contributed by atoms with Gasteiger partial charge in [-0.2, -0.15) is 0 Å². The van der Waals surface area contributed by atoms with E-state index in [1.165, 1.54) is 0 Å². The van der Waals surface area contributed by atoms with Crippen molar-refractivity contribution >= 4 is 10.8 Å². The maximum absolute atomic E-state index is 14.0. The predicted octanol–water partition coefficient (Wildman–Crippen LogP) is 3.55. The molecule has 0 saturated carbocycles. The maximum Gasteiger partial charge on any atom is 0.137 e. The van der Waals surface area contributed by atoms with Crippen LogP contribution in [0.4, 0.5) is 4.39 Å². The zero-order chi connectivity index (χ0) is 10.8. The Bertz CT molecular complexity index is 491. The molecule has 0 radical (unpaired) electrons. The summed E-state index contributed by atoms with van der Waals surface area (Å²) in [5.74, 6) is 0.473. The third kappa shape index (κ3) is 1.56. The van der Waals surface area contributed by atoms with Crippen LogP contribution in [0.5, 0.6) is 5.75 Å². The van der Waals surface area contributed by atoms with Crippen LogP contribution < -0.4 is 4.74 Å². The Labute approximate surface area is 88.5 Å². The van der Waals surface area contributed by atoms with Crippen molar-refractivity contribution < 1.29 is 9.13 Å². The second-order valence-electron chi connectivity index (χ2n) is 3.45. The van der Waals surface area contributed by atoms with E-state index in [1.54, 1.807) is 13.2 Å². The molecule has 2 heteroatoms. The second-order valence-corrected chi connectivity index (χ2v) is 3.45. The summed E-state index contributed by atoms with van der Waals surface area (Å²) in [6, 6.07) is 9.31. The average Bonchev–Trinajstić information content (AvgIpc) is 2.29. The van der Waals surface area contributed by atoms with Crippen molar-refractivity contribution in [3.63, 3.8) is 0 Å². The van der Waals surface area contributed by atoms with Crippen molar-refractivity contribution in [3.8, 4) is 5.75 Å². The minimum Gasteiger partial charge on any atom is -0.496 e. The largest absolute Gasteiger partial charge is 0.496 e. The highest BCUT2D eigenvalue weighted by Crippen LogP contribution is 2.29. The molecule has 0 N–H and O–H groups in total. The van der Waals surface area contributed by atoms with Crippen molar-refractivity contribution in [1.29, 1.82) is 0 Å². The Balaban J connectivity index is 2.81. The van der Waals surface area contributed by atoms with Gasteiger partial charge >= 0.3 is 0 Å². The fraction of sp³-hybridized carbons (Fsp3) is 0.231. The fourth-order valence-electron chi connectivity index (χ4n) is 1.83. The summed E-state index contributed by atoms with van der Waals surface area (Å²) in [5.41, 5.74) is 0.649. The average molecular weight is 204 g/mol. The molecule has 0 fully saturated rings. The number of methoxy groups -OCH3 is 1. The molecular formula is C13H13FO. The van der Waals surface area contributed by atoms with Crippen molar-refractivity contribution in [2.75, 3.05) is 7.11 Å². The Morgan fingerprint density at radius 2 is 2.00 bits per heavy atom. The lowest BCUT2D eigenvalue weighted by molar-refractivity contribution is 0.406. The molecule has 1 nitrogen and oxygen atoms in total. The van der Waals surface area contributed by atoms with E-state index in [0.717, 1.165) is 5.39 Å². The van der Waals surface area contributed by atoms with Gasteiger partial charge in [-0.1, -0.05) is 31.2 Å². The van der Waals surface area contributed by atoms with Gasteiger partial charge in [0, 0.05) is 10.9 Å². The Morgan fingerprint density at radius 3 is 2.67 bits per heavy atom. The Kier molecular flexibility index (Phi) is 2.58. The summed E-state index contributed by atoms with van der Waals surface area (Å²) in [5, 5.41) is 1.54. The summed E-state index contributed by atoms with van der Waals surface area (Å²) < 4.78 is 19.2. The molecule has 0 aliphatic rings. The molecule has 0 amide bonds. The first kappa shape index (κ1) is 9.97. The number of fused-ring (bicyclic) bond motifs is 1. The predicted molar refractivity (Wildman–Crippen MR) is 59.8 cm³/mol. The fourth-order valence-corrected chi connectivity index (χ4v) is 1.83. The molecule has 0 saturated heterocycles. The minimum atomic E-state index is -0.160. The molecule has 0 unspecified atom stereocenters. The van der Waals surface area contributed by atoms with E-state index in [9.17, 15) is 4.39 Å². The van der Waals surface area contributed by atoms with Gasteiger partial charge in [-0.15, -0.1) is 0 Å². The van der Waals surface area contributed by atoms with Crippen LogP contribution in [-0.4, -0.2) is 7.11 Å². The lowest BCUT2D eigenvalue weighted by atomic mass is 10.0. The van der Waals surface area contributed by atoms with Gasteiger partial charge in [-0.05, 0) is 17.9 Å². The molecule has 0 heterocycles. The van der Waals surface area contributed by atoms with E-state index >= 15 is 0 Å². The first-order valence-electron chi connectivity index (χ1n) is 5.02. The Morgan fingerprint density at radius 1 is 1.27 bits per heavy atom.